The van der Waals surface area contributed by atoms with Crippen LogP contribution in [0.3, 0.4) is 0 Å². The van der Waals surface area contributed by atoms with Gasteiger partial charge in [0.2, 0.25) is 5.91 Å². The van der Waals surface area contributed by atoms with Crippen LogP contribution in [0.15, 0.2) is 78.9 Å². The summed E-state index contributed by atoms with van der Waals surface area (Å²) in [5, 5.41) is 0.961. The SMILES string of the molecule is CCc1ccc(N2C(=O)CC(N(NC(=O)c3ccc(OC)cc3)C(=O)c3ccccc3)C2=O)cc1. The fourth-order valence-corrected chi connectivity index (χ4v) is 3.88. The number of carbonyl (C=O) groups excluding carboxylic acids is 4. The van der Waals surface area contributed by atoms with Gasteiger partial charge in [0, 0.05) is 11.1 Å². The minimum absolute atomic E-state index is 0.254. The van der Waals surface area contributed by atoms with E-state index in [4.69, 9.17) is 4.74 Å². The molecule has 178 valence electrons. The van der Waals surface area contributed by atoms with Gasteiger partial charge < -0.3 is 4.74 Å². The molecule has 3 aromatic carbocycles. The van der Waals surface area contributed by atoms with E-state index in [-0.39, 0.29) is 17.5 Å². The lowest BCUT2D eigenvalue weighted by molar-refractivity contribution is -0.122. The molecule has 0 spiro atoms. The number of amides is 4. The van der Waals surface area contributed by atoms with Crippen LogP contribution < -0.4 is 15.1 Å². The summed E-state index contributed by atoms with van der Waals surface area (Å²) in [6, 6.07) is 20.5. The van der Waals surface area contributed by atoms with Crippen molar-refractivity contribution in [3.8, 4) is 5.75 Å². The topological polar surface area (TPSA) is 96.0 Å². The molecule has 0 aromatic heterocycles. The van der Waals surface area contributed by atoms with E-state index >= 15 is 0 Å². The van der Waals surface area contributed by atoms with Crippen LogP contribution in [0.4, 0.5) is 5.69 Å². The van der Waals surface area contributed by atoms with Crippen molar-refractivity contribution < 1.29 is 23.9 Å². The molecule has 1 aliphatic rings. The van der Waals surface area contributed by atoms with Crippen LogP contribution in [0.2, 0.25) is 0 Å². The van der Waals surface area contributed by atoms with Gasteiger partial charge in [-0.3, -0.25) is 24.6 Å². The van der Waals surface area contributed by atoms with Crippen molar-refractivity contribution in [1.29, 1.82) is 0 Å². The highest BCUT2D eigenvalue weighted by atomic mass is 16.5. The Kier molecular flexibility index (Phi) is 6.91. The second kappa shape index (κ2) is 10.2. The number of aryl methyl sites for hydroxylation is 1. The van der Waals surface area contributed by atoms with Crippen molar-refractivity contribution in [3.05, 3.63) is 95.6 Å². The first-order chi connectivity index (χ1) is 16.9. The van der Waals surface area contributed by atoms with Crippen molar-refractivity contribution in [2.24, 2.45) is 0 Å². The molecule has 0 aliphatic carbocycles. The number of hydrogen-bond acceptors (Lipinski definition) is 5. The highest BCUT2D eigenvalue weighted by molar-refractivity contribution is 6.23. The first kappa shape index (κ1) is 23.7. The lowest BCUT2D eigenvalue weighted by Crippen LogP contribution is -2.54. The summed E-state index contributed by atoms with van der Waals surface area (Å²) < 4.78 is 5.12. The quantitative estimate of drug-likeness (QED) is 0.439. The van der Waals surface area contributed by atoms with E-state index in [0.717, 1.165) is 21.9 Å². The van der Waals surface area contributed by atoms with Gasteiger partial charge in [-0.25, -0.2) is 9.91 Å². The Hall–Kier alpha value is -4.46. The molecule has 1 fully saturated rings. The lowest BCUT2D eigenvalue weighted by atomic mass is 10.1. The maximum Gasteiger partial charge on any atom is 0.273 e. The van der Waals surface area contributed by atoms with Gasteiger partial charge in [-0.05, 0) is 60.5 Å². The van der Waals surface area contributed by atoms with E-state index in [2.05, 4.69) is 5.43 Å². The second-order valence-electron chi connectivity index (χ2n) is 8.02. The van der Waals surface area contributed by atoms with Gasteiger partial charge in [-0.15, -0.1) is 0 Å². The van der Waals surface area contributed by atoms with E-state index in [0.29, 0.717) is 11.4 Å². The summed E-state index contributed by atoms with van der Waals surface area (Å²) in [6.07, 6.45) is 0.567. The normalized spacial score (nSPS) is 15.1. The Morgan fingerprint density at radius 1 is 0.943 bits per heavy atom. The minimum Gasteiger partial charge on any atom is -0.497 e. The number of imide groups is 1. The van der Waals surface area contributed by atoms with Gasteiger partial charge >= 0.3 is 0 Å². The third kappa shape index (κ3) is 4.91. The van der Waals surface area contributed by atoms with Crippen molar-refractivity contribution in [3.63, 3.8) is 0 Å². The van der Waals surface area contributed by atoms with Crippen LogP contribution in [-0.2, 0) is 16.0 Å². The number of rotatable bonds is 6. The zero-order chi connectivity index (χ0) is 24.9. The third-order valence-corrected chi connectivity index (χ3v) is 5.85. The van der Waals surface area contributed by atoms with Gasteiger partial charge in [0.15, 0.2) is 0 Å². The molecule has 8 nitrogen and oxygen atoms in total. The average molecular weight is 472 g/mol. The number of benzene rings is 3. The number of nitrogens with one attached hydrogen (secondary N) is 1. The fraction of sp³-hybridized carbons (Fsp3) is 0.185. The molecular formula is C27H25N3O5. The Bertz CT molecular complexity index is 1240. The highest BCUT2D eigenvalue weighted by Crippen LogP contribution is 2.26. The molecular weight excluding hydrogens is 446 g/mol. The van der Waals surface area contributed by atoms with Gasteiger partial charge in [-0.2, -0.15) is 0 Å². The van der Waals surface area contributed by atoms with Gasteiger partial charge in [0.25, 0.3) is 17.7 Å². The molecule has 1 saturated heterocycles. The molecule has 3 aromatic rings. The molecule has 1 N–H and O–H groups in total. The second-order valence-corrected chi connectivity index (χ2v) is 8.02. The number of anilines is 1. The molecule has 4 rings (SSSR count). The zero-order valence-corrected chi connectivity index (χ0v) is 19.4. The number of hydrazine groups is 1. The molecule has 0 bridgehead atoms. The molecule has 8 heteroatoms. The molecule has 0 saturated carbocycles. The summed E-state index contributed by atoms with van der Waals surface area (Å²) in [4.78, 5) is 53.7. The van der Waals surface area contributed by atoms with Crippen molar-refractivity contribution >= 4 is 29.3 Å². The van der Waals surface area contributed by atoms with Crippen LogP contribution in [0.25, 0.3) is 0 Å². The van der Waals surface area contributed by atoms with Crippen LogP contribution >= 0.6 is 0 Å². The standard InChI is InChI=1S/C27H25N3O5/c1-3-18-9-13-21(14-10-18)29-24(31)17-23(27(29)34)30(26(33)20-7-5-4-6-8-20)28-25(32)19-11-15-22(35-2)16-12-19/h4-16,23H,3,17H2,1-2H3,(H,28,32). The van der Waals surface area contributed by atoms with E-state index in [1.807, 2.05) is 19.1 Å². The Morgan fingerprint density at radius 2 is 1.60 bits per heavy atom. The Balaban J connectivity index is 1.64. The molecule has 1 heterocycles. The van der Waals surface area contributed by atoms with Gasteiger partial charge in [0.1, 0.15) is 11.8 Å². The fourth-order valence-electron chi connectivity index (χ4n) is 3.88. The largest absolute Gasteiger partial charge is 0.497 e. The summed E-state index contributed by atoms with van der Waals surface area (Å²) in [6.45, 7) is 2.01. The Labute approximate surface area is 203 Å². The van der Waals surface area contributed by atoms with E-state index < -0.39 is 29.7 Å². The van der Waals surface area contributed by atoms with Crippen LogP contribution in [0.1, 0.15) is 39.6 Å². The van der Waals surface area contributed by atoms with Crippen LogP contribution in [-0.4, -0.2) is 41.8 Å². The van der Waals surface area contributed by atoms with Crippen LogP contribution in [0, 0.1) is 0 Å². The van der Waals surface area contributed by atoms with Crippen molar-refractivity contribution in [2.45, 2.75) is 25.8 Å². The minimum atomic E-state index is -1.19. The average Bonchev–Trinajstić information content (AvgIpc) is 3.20. The number of ether oxygens (including phenoxy) is 1. The predicted molar refractivity (Wildman–Crippen MR) is 130 cm³/mol. The monoisotopic (exact) mass is 471 g/mol. The third-order valence-electron chi connectivity index (χ3n) is 5.85. The van der Waals surface area contributed by atoms with E-state index in [9.17, 15) is 19.2 Å². The highest BCUT2D eigenvalue weighted by Gasteiger charge is 2.45. The van der Waals surface area contributed by atoms with Gasteiger partial charge in [-0.1, -0.05) is 37.3 Å². The number of nitrogens with zero attached hydrogens (tertiary/aromatic N) is 2. The summed E-state index contributed by atoms with van der Waals surface area (Å²) in [5.74, 6) is -1.66. The van der Waals surface area contributed by atoms with E-state index in [1.165, 1.54) is 7.11 Å². The summed E-state index contributed by atoms with van der Waals surface area (Å²) in [7, 11) is 1.51. The molecule has 35 heavy (non-hydrogen) atoms. The molecule has 1 unspecified atom stereocenters. The van der Waals surface area contributed by atoms with Crippen LogP contribution in [0.5, 0.6) is 5.75 Å². The molecule has 4 amide bonds. The summed E-state index contributed by atoms with van der Waals surface area (Å²) >= 11 is 0. The smallest absolute Gasteiger partial charge is 0.273 e. The Morgan fingerprint density at radius 3 is 2.20 bits per heavy atom. The van der Waals surface area contributed by atoms with E-state index in [1.54, 1.807) is 66.7 Å². The number of carbonyl (C=O) groups is 4. The maximum atomic E-state index is 13.4. The van der Waals surface area contributed by atoms with Crippen molar-refractivity contribution in [2.75, 3.05) is 12.0 Å². The maximum absolute atomic E-state index is 13.4. The first-order valence-corrected chi connectivity index (χ1v) is 11.2. The zero-order valence-electron chi connectivity index (χ0n) is 19.4. The lowest BCUT2D eigenvalue weighted by Gasteiger charge is -2.28. The van der Waals surface area contributed by atoms with Gasteiger partial charge in [0.05, 0.1) is 19.2 Å². The molecule has 1 atom stereocenters. The molecule has 0 radical (unpaired) electrons. The first-order valence-electron chi connectivity index (χ1n) is 11.2. The molecule has 1 aliphatic heterocycles. The summed E-state index contributed by atoms with van der Waals surface area (Å²) in [5.41, 5.74) is 4.58. The predicted octanol–water partition coefficient (Wildman–Crippen LogP) is 3.38. The number of hydrogen-bond donors (Lipinski definition) is 1. The van der Waals surface area contributed by atoms with Crippen molar-refractivity contribution in [1.82, 2.24) is 10.4 Å². The number of methoxy groups -OCH3 is 1.